The van der Waals surface area contributed by atoms with Gasteiger partial charge in [-0.05, 0) is 60.0 Å². The van der Waals surface area contributed by atoms with Crippen molar-refractivity contribution in [1.29, 1.82) is 0 Å². The van der Waals surface area contributed by atoms with E-state index in [0.29, 0.717) is 17.2 Å². The number of hydrogen-bond acceptors (Lipinski definition) is 5. The third-order valence-electron chi connectivity index (χ3n) is 4.23. The van der Waals surface area contributed by atoms with E-state index in [9.17, 15) is 4.79 Å². The van der Waals surface area contributed by atoms with Gasteiger partial charge in [0, 0.05) is 6.20 Å². The van der Waals surface area contributed by atoms with Crippen molar-refractivity contribution in [2.45, 2.75) is 13.3 Å². The lowest BCUT2D eigenvalue weighted by Crippen LogP contribution is -2.18. The lowest BCUT2D eigenvalue weighted by molar-refractivity contribution is -0.136. The molecular weight excluding hydrogens is 366 g/mol. The zero-order valence-electron chi connectivity index (χ0n) is 16.5. The Labute approximate surface area is 170 Å². The highest BCUT2D eigenvalue weighted by molar-refractivity contribution is 5.76. The van der Waals surface area contributed by atoms with Crippen LogP contribution in [0.3, 0.4) is 0 Å². The molecule has 29 heavy (non-hydrogen) atoms. The van der Waals surface area contributed by atoms with Crippen molar-refractivity contribution in [3.63, 3.8) is 0 Å². The highest BCUT2D eigenvalue weighted by atomic mass is 16.6. The SMILES string of the molecule is CCc1ccc(OCC(=O)Oc2ccc(/C=C/c3ccccn3)cc2OC)cc1. The van der Waals surface area contributed by atoms with Crippen molar-refractivity contribution in [3.05, 3.63) is 83.7 Å². The summed E-state index contributed by atoms with van der Waals surface area (Å²) in [5.41, 5.74) is 2.97. The lowest BCUT2D eigenvalue weighted by atomic mass is 10.1. The molecule has 148 valence electrons. The van der Waals surface area contributed by atoms with Gasteiger partial charge < -0.3 is 14.2 Å². The molecule has 3 rings (SSSR count). The Bertz CT molecular complexity index is 966. The van der Waals surface area contributed by atoms with Gasteiger partial charge in [0.2, 0.25) is 0 Å². The molecule has 1 aromatic heterocycles. The minimum Gasteiger partial charge on any atom is -0.493 e. The number of ether oxygens (including phenoxy) is 3. The van der Waals surface area contributed by atoms with E-state index in [1.54, 1.807) is 18.3 Å². The molecule has 5 heteroatoms. The smallest absolute Gasteiger partial charge is 0.349 e. The number of methoxy groups -OCH3 is 1. The predicted molar refractivity (Wildman–Crippen MR) is 113 cm³/mol. The average Bonchev–Trinajstić information content (AvgIpc) is 2.78. The maximum Gasteiger partial charge on any atom is 0.349 e. The van der Waals surface area contributed by atoms with Gasteiger partial charge in [-0.3, -0.25) is 4.98 Å². The summed E-state index contributed by atoms with van der Waals surface area (Å²) in [6.45, 7) is 1.90. The molecule has 0 radical (unpaired) electrons. The summed E-state index contributed by atoms with van der Waals surface area (Å²) >= 11 is 0. The minimum absolute atomic E-state index is 0.185. The summed E-state index contributed by atoms with van der Waals surface area (Å²) in [4.78, 5) is 16.4. The molecule has 0 saturated heterocycles. The third-order valence-corrected chi connectivity index (χ3v) is 4.23. The summed E-state index contributed by atoms with van der Waals surface area (Å²) in [7, 11) is 1.53. The second-order valence-electron chi connectivity index (χ2n) is 6.26. The predicted octanol–water partition coefficient (Wildman–Crippen LogP) is 4.81. The minimum atomic E-state index is -0.500. The number of hydrogen-bond donors (Lipinski definition) is 0. The van der Waals surface area contributed by atoms with Gasteiger partial charge in [0.15, 0.2) is 18.1 Å². The number of esters is 1. The Balaban J connectivity index is 1.60. The van der Waals surface area contributed by atoms with Crippen LogP contribution in [0, 0.1) is 0 Å². The molecule has 3 aromatic rings. The fraction of sp³-hybridized carbons (Fsp3) is 0.167. The van der Waals surface area contributed by atoms with E-state index in [0.717, 1.165) is 17.7 Å². The van der Waals surface area contributed by atoms with E-state index in [1.165, 1.54) is 12.7 Å². The summed E-state index contributed by atoms with van der Waals surface area (Å²) < 4.78 is 16.2. The molecular formula is C24H23NO4. The van der Waals surface area contributed by atoms with E-state index in [1.807, 2.05) is 60.7 Å². The van der Waals surface area contributed by atoms with Crippen LogP contribution in [0.5, 0.6) is 17.2 Å². The largest absolute Gasteiger partial charge is 0.493 e. The van der Waals surface area contributed by atoms with Crippen LogP contribution in [0.2, 0.25) is 0 Å². The van der Waals surface area contributed by atoms with Crippen LogP contribution in [0.1, 0.15) is 23.7 Å². The molecule has 0 aliphatic carbocycles. The normalized spacial score (nSPS) is 10.7. The van der Waals surface area contributed by atoms with Crippen LogP contribution in [-0.4, -0.2) is 24.7 Å². The van der Waals surface area contributed by atoms with Crippen molar-refractivity contribution < 1.29 is 19.0 Å². The second-order valence-corrected chi connectivity index (χ2v) is 6.26. The van der Waals surface area contributed by atoms with Crippen LogP contribution in [0.25, 0.3) is 12.2 Å². The van der Waals surface area contributed by atoms with E-state index in [2.05, 4.69) is 11.9 Å². The first kappa shape index (κ1) is 20.1. The van der Waals surface area contributed by atoms with Gasteiger partial charge in [-0.1, -0.05) is 37.3 Å². The van der Waals surface area contributed by atoms with E-state index in [-0.39, 0.29) is 6.61 Å². The maximum atomic E-state index is 12.1. The Morgan fingerprint density at radius 3 is 2.52 bits per heavy atom. The topological polar surface area (TPSA) is 57.7 Å². The number of carbonyl (C=O) groups is 1. The van der Waals surface area contributed by atoms with Gasteiger partial charge in [-0.2, -0.15) is 0 Å². The van der Waals surface area contributed by atoms with Crippen molar-refractivity contribution in [2.24, 2.45) is 0 Å². The summed E-state index contributed by atoms with van der Waals surface area (Å²) in [6, 6.07) is 18.7. The van der Waals surface area contributed by atoms with E-state index < -0.39 is 5.97 Å². The monoisotopic (exact) mass is 389 g/mol. The number of aromatic nitrogens is 1. The van der Waals surface area contributed by atoms with Crippen molar-refractivity contribution in [2.75, 3.05) is 13.7 Å². The van der Waals surface area contributed by atoms with Gasteiger partial charge in [0.05, 0.1) is 12.8 Å². The van der Waals surface area contributed by atoms with E-state index in [4.69, 9.17) is 14.2 Å². The molecule has 0 N–H and O–H groups in total. The molecule has 0 aliphatic heterocycles. The standard InChI is InChI=1S/C24H23NO4/c1-3-18-8-12-21(13-9-18)28-17-24(26)29-22-14-10-19(16-23(22)27-2)7-11-20-6-4-5-15-25-20/h4-16H,3,17H2,1-2H3/b11-7+. The van der Waals surface area contributed by atoms with Crippen LogP contribution in [-0.2, 0) is 11.2 Å². The Morgan fingerprint density at radius 1 is 1.00 bits per heavy atom. The van der Waals surface area contributed by atoms with Gasteiger partial charge in [-0.25, -0.2) is 4.79 Å². The first-order chi connectivity index (χ1) is 14.2. The molecule has 0 amide bonds. The first-order valence-electron chi connectivity index (χ1n) is 9.37. The molecule has 2 aromatic carbocycles. The number of aryl methyl sites for hydroxylation is 1. The zero-order valence-corrected chi connectivity index (χ0v) is 16.5. The number of rotatable bonds is 8. The van der Waals surface area contributed by atoms with Crippen molar-refractivity contribution >= 4 is 18.1 Å². The van der Waals surface area contributed by atoms with Crippen molar-refractivity contribution in [1.82, 2.24) is 4.98 Å². The molecule has 5 nitrogen and oxygen atoms in total. The third kappa shape index (κ3) is 5.94. The molecule has 0 atom stereocenters. The van der Waals surface area contributed by atoms with Crippen LogP contribution >= 0.6 is 0 Å². The first-order valence-corrected chi connectivity index (χ1v) is 9.37. The van der Waals surface area contributed by atoms with Crippen molar-refractivity contribution in [3.8, 4) is 17.2 Å². The fourth-order valence-corrected chi connectivity index (χ4v) is 2.64. The highest BCUT2D eigenvalue weighted by Crippen LogP contribution is 2.29. The molecule has 0 aliphatic rings. The van der Waals surface area contributed by atoms with Gasteiger partial charge in [0.25, 0.3) is 0 Å². The Kier molecular flexibility index (Phi) is 7.00. The number of nitrogens with zero attached hydrogens (tertiary/aromatic N) is 1. The summed E-state index contributed by atoms with van der Waals surface area (Å²) in [6.07, 6.45) is 6.51. The van der Waals surface area contributed by atoms with Crippen LogP contribution < -0.4 is 14.2 Å². The summed E-state index contributed by atoms with van der Waals surface area (Å²) in [5.74, 6) is 0.937. The molecule has 0 fully saturated rings. The molecule has 0 unspecified atom stereocenters. The molecule has 1 heterocycles. The Hall–Kier alpha value is -3.60. The second kappa shape index (κ2) is 10.1. The van der Waals surface area contributed by atoms with Gasteiger partial charge >= 0.3 is 5.97 Å². The lowest BCUT2D eigenvalue weighted by Gasteiger charge is -2.11. The number of pyridine rings is 1. The molecule has 0 bridgehead atoms. The number of benzene rings is 2. The van der Waals surface area contributed by atoms with Crippen LogP contribution in [0.4, 0.5) is 0 Å². The summed E-state index contributed by atoms with van der Waals surface area (Å²) in [5, 5.41) is 0. The fourth-order valence-electron chi connectivity index (χ4n) is 2.64. The highest BCUT2D eigenvalue weighted by Gasteiger charge is 2.11. The maximum absolute atomic E-state index is 12.1. The average molecular weight is 389 g/mol. The zero-order chi connectivity index (χ0) is 20.5. The number of carbonyl (C=O) groups excluding carboxylic acids is 1. The van der Waals surface area contributed by atoms with Gasteiger partial charge in [-0.15, -0.1) is 0 Å². The van der Waals surface area contributed by atoms with E-state index >= 15 is 0 Å². The van der Waals surface area contributed by atoms with Gasteiger partial charge in [0.1, 0.15) is 5.75 Å². The quantitative estimate of drug-likeness (QED) is 0.409. The molecule has 0 saturated carbocycles. The van der Waals surface area contributed by atoms with Crippen LogP contribution in [0.15, 0.2) is 66.9 Å². The molecule has 0 spiro atoms. The Morgan fingerprint density at radius 2 is 1.83 bits per heavy atom.